The Hall–Kier alpha value is -2.16. The molecule has 0 bridgehead atoms. The molecule has 0 atom stereocenters. The summed E-state index contributed by atoms with van der Waals surface area (Å²) < 4.78 is 40.5. The van der Waals surface area contributed by atoms with Crippen LogP contribution >= 0.6 is 12.4 Å². The van der Waals surface area contributed by atoms with Crippen molar-refractivity contribution in [2.24, 2.45) is 5.92 Å². The Kier molecular flexibility index (Phi) is 7.18. The van der Waals surface area contributed by atoms with E-state index < -0.39 is 15.8 Å². The topological polar surface area (TPSA) is 87.3 Å². The Bertz CT molecular complexity index is 885. The average Bonchev–Trinajstić information content (AvgIpc) is 2.64. The molecule has 146 valence electrons. The van der Waals surface area contributed by atoms with Gasteiger partial charge in [0.2, 0.25) is 5.91 Å². The summed E-state index contributed by atoms with van der Waals surface area (Å²) in [6, 6.07) is 11.1. The van der Waals surface area contributed by atoms with E-state index in [0.29, 0.717) is 5.69 Å². The molecule has 1 aliphatic rings. The fourth-order valence-electron chi connectivity index (χ4n) is 2.82. The molecule has 0 spiro atoms. The third kappa shape index (κ3) is 5.41. The molecule has 1 fully saturated rings. The maximum Gasteiger partial charge on any atom is 0.261 e. The molecule has 6 nitrogen and oxygen atoms in total. The molecule has 1 aliphatic heterocycles. The highest BCUT2D eigenvalue weighted by Gasteiger charge is 2.22. The largest absolute Gasteiger partial charge is 0.324 e. The van der Waals surface area contributed by atoms with Crippen molar-refractivity contribution in [1.82, 2.24) is 5.32 Å². The summed E-state index contributed by atoms with van der Waals surface area (Å²) in [7, 11) is -3.89. The normalized spacial score (nSPS) is 14.9. The van der Waals surface area contributed by atoms with Gasteiger partial charge in [-0.1, -0.05) is 12.1 Å². The van der Waals surface area contributed by atoms with Crippen molar-refractivity contribution in [3.05, 3.63) is 54.3 Å². The van der Waals surface area contributed by atoms with Gasteiger partial charge in [-0.3, -0.25) is 9.52 Å². The zero-order chi connectivity index (χ0) is 18.6. The van der Waals surface area contributed by atoms with Crippen molar-refractivity contribution in [2.75, 3.05) is 23.1 Å². The number of hydrogen-bond donors (Lipinski definition) is 3. The number of carbonyl (C=O) groups is 1. The average molecular weight is 414 g/mol. The molecule has 1 heterocycles. The third-order valence-electron chi connectivity index (χ3n) is 4.26. The quantitative estimate of drug-likeness (QED) is 0.703. The van der Waals surface area contributed by atoms with Gasteiger partial charge in [0, 0.05) is 5.92 Å². The number of anilines is 2. The van der Waals surface area contributed by atoms with E-state index in [0.717, 1.165) is 38.1 Å². The number of carbonyl (C=O) groups excluding carboxylic acids is 1. The maximum atomic E-state index is 13.0. The van der Waals surface area contributed by atoms with Crippen molar-refractivity contribution in [1.29, 1.82) is 0 Å². The lowest BCUT2D eigenvalue weighted by molar-refractivity contribution is -0.120. The lowest BCUT2D eigenvalue weighted by Crippen LogP contribution is -2.34. The van der Waals surface area contributed by atoms with Crippen molar-refractivity contribution >= 4 is 39.7 Å². The van der Waals surface area contributed by atoms with Crippen LogP contribution in [0.2, 0.25) is 0 Å². The monoisotopic (exact) mass is 413 g/mol. The number of benzene rings is 2. The number of nitrogens with one attached hydrogen (secondary N) is 3. The van der Waals surface area contributed by atoms with Crippen molar-refractivity contribution in [2.45, 2.75) is 17.7 Å². The van der Waals surface area contributed by atoms with Gasteiger partial charge in [-0.2, -0.15) is 0 Å². The van der Waals surface area contributed by atoms with E-state index in [2.05, 4.69) is 15.4 Å². The van der Waals surface area contributed by atoms with Crippen LogP contribution in [0.15, 0.2) is 53.4 Å². The van der Waals surface area contributed by atoms with Crippen LogP contribution < -0.4 is 15.4 Å². The van der Waals surface area contributed by atoms with Gasteiger partial charge in [0.05, 0.1) is 16.3 Å². The van der Waals surface area contributed by atoms with Gasteiger partial charge in [-0.05, 0) is 62.3 Å². The lowest BCUT2D eigenvalue weighted by atomic mass is 9.97. The van der Waals surface area contributed by atoms with E-state index >= 15 is 0 Å². The number of sulfonamides is 1. The van der Waals surface area contributed by atoms with Gasteiger partial charge in [-0.15, -0.1) is 12.4 Å². The predicted molar refractivity (Wildman–Crippen MR) is 105 cm³/mol. The fourth-order valence-corrected chi connectivity index (χ4v) is 3.90. The second kappa shape index (κ2) is 9.16. The molecule has 2 aromatic rings. The number of hydrogen-bond acceptors (Lipinski definition) is 4. The first-order valence-corrected chi connectivity index (χ1v) is 9.83. The van der Waals surface area contributed by atoms with Gasteiger partial charge >= 0.3 is 0 Å². The third-order valence-corrected chi connectivity index (χ3v) is 5.64. The van der Waals surface area contributed by atoms with E-state index in [4.69, 9.17) is 0 Å². The maximum absolute atomic E-state index is 13.0. The van der Waals surface area contributed by atoms with Crippen LogP contribution in [0.5, 0.6) is 0 Å². The van der Waals surface area contributed by atoms with Crippen molar-refractivity contribution < 1.29 is 17.6 Å². The van der Waals surface area contributed by atoms with E-state index in [1.165, 1.54) is 12.1 Å². The highest BCUT2D eigenvalue weighted by molar-refractivity contribution is 7.92. The molecule has 3 rings (SSSR count). The molecule has 2 aromatic carbocycles. The van der Waals surface area contributed by atoms with E-state index in [1.54, 1.807) is 24.3 Å². The van der Waals surface area contributed by atoms with Gasteiger partial charge in [0.15, 0.2) is 0 Å². The number of halogens is 2. The Morgan fingerprint density at radius 3 is 2.22 bits per heavy atom. The standard InChI is InChI=1S/C18H20FN3O3S.ClH/c19-14-5-7-15(8-6-14)26(24,25)22-17-4-2-1-3-16(17)21-18(23)13-9-11-20-12-10-13;/h1-8,13,20,22H,9-12H2,(H,21,23);1H. The van der Waals surface area contributed by atoms with Crippen molar-refractivity contribution in [3.63, 3.8) is 0 Å². The van der Waals surface area contributed by atoms with Crippen LogP contribution in [0.1, 0.15) is 12.8 Å². The molecule has 0 aliphatic carbocycles. The first-order chi connectivity index (χ1) is 12.5. The second-order valence-electron chi connectivity index (χ2n) is 6.12. The molecule has 27 heavy (non-hydrogen) atoms. The number of amides is 1. The summed E-state index contributed by atoms with van der Waals surface area (Å²) in [6.45, 7) is 1.58. The first-order valence-electron chi connectivity index (χ1n) is 8.35. The summed E-state index contributed by atoms with van der Waals surface area (Å²) in [5.74, 6) is -0.739. The van der Waals surface area contributed by atoms with Crippen LogP contribution in [-0.4, -0.2) is 27.4 Å². The summed E-state index contributed by atoms with van der Waals surface area (Å²) in [5, 5.41) is 6.01. The minimum absolute atomic E-state index is 0. The summed E-state index contributed by atoms with van der Waals surface area (Å²) in [6.07, 6.45) is 1.49. The molecule has 1 amide bonds. The molecule has 0 saturated carbocycles. The summed E-state index contributed by atoms with van der Waals surface area (Å²) >= 11 is 0. The zero-order valence-electron chi connectivity index (χ0n) is 14.4. The van der Waals surface area contributed by atoms with E-state index in [1.807, 2.05) is 0 Å². The van der Waals surface area contributed by atoms with Crippen molar-refractivity contribution in [3.8, 4) is 0 Å². The van der Waals surface area contributed by atoms with Crippen LogP contribution in [-0.2, 0) is 14.8 Å². The minimum atomic E-state index is -3.89. The second-order valence-corrected chi connectivity index (χ2v) is 7.80. The Morgan fingerprint density at radius 1 is 1.00 bits per heavy atom. The molecule has 0 aromatic heterocycles. The number of para-hydroxylation sites is 2. The number of rotatable bonds is 5. The molecular weight excluding hydrogens is 393 g/mol. The summed E-state index contributed by atoms with van der Waals surface area (Å²) in [4.78, 5) is 12.4. The van der Waals surface area contributed by atoms with Crippen LogP contribution in [0.25, 0.3) is 0 Å². The molecule has 3 N–H and O–H groups in total. The minimum Gasteiger partial charge on any atom is -0.324 e. The highest BCUT2D eigenvalue weighted by Crippen LogP contribution is 2.26. The fraction of sp³-hybridized carbons (Fsp3) is 0.278. The Balaban J connectivity index is 0.00000261. The van der Waals surface area contributed by atoms with Gasteiger partial charge in [0.1, 0.15) is 5.82 Å². The summed E-state index contributed by atoms with van der Waals surface area (Å²) in [5.41, 5.74) is 0.654. The van der Waals surface area contributed by atoms with Gasteiger partial charge in [0.25, 0.3) is 10.0 Å². The SMILES string of the molecule is Cl.O=C(Nc1ccccc1NS(=O)(=O)c1ccc(F)cc1)C1CCNCC1. The van der Waals surface area contributed by atoms with Crippen LogP contribution in [0.3, 0.4) is 0 Å². The zero-order valence-corrected chi connectivity index (χ0v) is 16.1. The van der Waals surface area contributed by atoms with E-state index in [9.17, 15) is 17.6 Å². The van der Waals surface area contributed by atoms with Gasteiger partial charge < -0.3 is 10.6 Å². The molecule has 1 saturated heterocycles. The molecular formula is C18H21ClFN3O3S. The first kappa shape index (κ1) is 21.1. The van der Waals surface area contributed by atoms with Crippen LogP contribution in [0, 0.1) is 11.7 Å². The lowest BCUT2D eigenvalue weighted by Gasteiger charge is -2.22. The van der Waals surface area contributed by atoms with Crippen LogP contribution in [0.4, 0.5) is 15.8 Å². The Morgan fingerprint density at radius 2 is 1.59 bits per heavy atom. The molecule has 9 heteroatoms. The van der Waals surface area contributed by atoms with E-state index in [-0.39, 0.29) is 34.8 Å². The molecule has 0 unspecified atom stereocenters. The van der Waals surface area contributed by atoms with Gasteiger partial charge in [-0.25, -0.2) is 12.8 Å². The Labute approximate surface area is 164 Å². The number of piperidine rings is 1. The molecule has 0 radical (unpaired) electrons. The predicted octanol–water partition coefficient (Wildman–Crippen LogP) is 2.99. The smallest absolute Gasteiger partial charge is 0.261 e. The highest BCUT2D eigenvalue weighted by atomic mass is 35.5.